The summed E-state index contributed by atoms with van der Waals surface area (Å²) in [7, 11) is 0. The van der Waals surface area contributed by atoms with Crippen molar-refractivity contribution in [3.05, 3.63) is 33.8 Å². The molecule has 0 aromatic heterocycles. The quantitative estimate of drug-likeness (QED) is 0.860. The second-order valence-electron chi connectivity index (χ2n) is 3.18. The number of carboxylic acids is 1. The molecule has 0 aliphatic heterocycles. The topological polar surface area (TPSA) is 49.3 Å². The molecule has 1 aromatic rings. The lowest BCUT2D eigenvalue weighted by Crippen LogP contribution is -2.33. The van der Waals surface area contributed by atoms with Crippen molar-refractivity contribution in [3.63, 3.8) is 0 Å². The Bertz CT molecular complexity index is 368. The van der Waals surface area contributed by atoms with E-state index in [1.807, 2.05) is 0 Å². The molecule has 0 radical (unpaired) electrons. The summed E-state index contributed by atoms with van der Waals surface area (Å²) in [6.07, 6.45) is 0. The van der Waals surface area contributed by atoms with E-state index in [1.165, 1.54) is 0 Å². The summed E-state index contributed by atoms with van der Waals surface area (Å²) in [5.41, 5.74) is 0.828. The largest absolute Gasteiger partial charge is 0.480 e. The SMILES string of the molecule is CC(NCc1ccc(Cl)cc1Cl)C(=O)O. The first-order valence-electron chi connectivity index (χ1n) is 4.41. The van der Waals surface area contributed by atoms with Crippen molar-refractivity contribution in [1.29, 1.82) is 0 Å². The second kappa shape index (κ2) is 5.35. The minimum Gasteiger partial charge on any atom is -0.480 e. The van der Waals surface area contributed by atoms with E-state index >= 15 is 0 Å². The zero-order valence-corrected chi connectivity index (χ0v) is 9.64. The molecular formula is C10H11Cl2NO2. The van der Waals surface area contributed by atoms with Gasteiger partial charge in [-0.2, -0.15) is 0 Å². The maximum Gasteiger partial charge on any atom is 0.320 e. The highest BCUT2D eigenvalue weighted by Gasteiger charge is 2.10. The third-order valence-corrected chi connectivity index (χ3v) is 2.57. The van der Waals surface area contributed by atoms with Gasteiger partial charge in [0.2, 0.25) is 0 Å². The molecule has 2 N–H and O–H groups in total. The van der Waals surface area contributed by atoms with Crippen LogP contribution in [0.5, 0.6) is 0 Å². The molecule has 5 heteroatoms. The van der Waals surface area contributed by atoms with Gasteiger partial charge in [-0.3, -0.25) is 4.79 Å². The number of carboxylic acid groups (broad SMARTS) is 1. The Morgan fingerprint density at radius 2 is 2.20 bits per heavy atom. The van der Waals surface area contributed by atoms with Crippen LogP contribution in [-0.4, -0.2) is 17.1 Å². The zero-order valence-electron chi connectivity index (χ0n) is 8.13. The monoisotopic (exact) mass is 247 g/mol. The van der Waals surface area contributed by atoms with E-state index in [0.717, 1.165) is 5.56 Å². The van der Waals surface area contributed by atoms with Crippen molar-refractivity contribution in [2.45, 2.75) is 19.5 Å². The number of nitrogens with one attached hydrogen (secondary N) is 1. The number of benzene rings is 1. The maximum atomic E-state index is 10.5. The number of halogens is 2. The van der Waals surface area contributed by atoms with Crippen LogP contribution in [-0.2, 0) is 11.3 Å². The Labute approximate surface area is 98.0 Å². The highest BCUT2D eigenvalue weighted by molar-refractivity contribution is 6.35. The minimum absolute atomic E-state index is 0.406. The van der Waals surface area contributed by atoms with E-state index in [-0.39, 0.29) is 0 Å². The number of hydrogen-bond donors (Lipinski definition) is 2. The van der Waals surface area contributed by atoms with Crippen LogP contribution in [0, 0.1) is 0 Å². The van der Waals surface area contributed by atoms with Crippen LogP contribution >= 0.6 is 23.2 Å². The van der Waals surface area contributed by atoms with Crippen molar-refractivity contribution in [3.8, 4) is 0 Å². The average molecular weight is 248 g/mol. The van der Waals surface area contributed by atoms with Crippen molar-refractivity contribution in [2.75, 3.05) is 0 Å². The molecule has 0 saturated carbocycles. The molecular weight excluding hydrogens is 237 g/mol. The van der Waals surface area contributed by atoms with Crippen molar-refractivity contribution >= 4 is 29.2 Å². The molecule has 0 bridgehead atoms. The molecule has 1 rings (SSSR count). The summed E-state index contributed by atoms with van der Waals surface area (Å²) < 4.78 is 0. The molecule has 1 aromatic carbocycles. The highest BCUT2D eigenvalue weighted by Crippen LogP contribution is 2.20. The van der Waals surface area contributed by atoms with Gasteiger partial charge in [0.15, 0.2) is 0 Å². The average Bonchev–Trinajstić information content (AvgIpc) is 2.15. The summed E-state index contributed by atoms with van der Waals surface area (Å²) in [6, 6.07) is 4.52. The van der Waals surface area contributed by atoms with Crippen LogP contribution in [0.15, 0.2) is 18.2 Å². The highest BCUT2D eigenvalue weighted by atomic mass is 35.5. The van der Waals surface area contributed by atoms with Crippen LogP contribution in [0.25, 0.3) is 0 Å². The predicted molar refractivity (Wildman–Crippen MR) is 60.4 cm³/mol. The number of hydrogen-bond acceptors (Lipinski definition) is 2. The summed E-state index contributed by atoms with van der Waals surface area (Å²) >= 11 is 11.7. The molecule has 0 aliphatic carbocycles. The lowest BCUT2D eigenvalue weighted by atomic mass is 10.2. The van der Waals surface area contributed by atoms with Crippen LogP contribution in [0.4, 0.5) is 0 Å². The summed E-state index contributed by atoms with van der Waals surface area (Å²) in [5, 5.41) is 12.6. The van der Waals surface area contributed by atoms with Crippen molar-refractivity contribution in [2.24, 2.45) is 0 Å². The van der Waals surface area contributed by atoms with E-state index in [4.69, 9.17) is 28.3 Å². The second-order valence-corrected chi connectivity index (χ2v) is 4.02. The van der Waals surface area contributed by atoms with Gasteiger partial charge >= 0.3 is 5.97 Å². The number of aliphatic carboxylic acids is 1. The molecule has 0 spiro atoms. The minimum atomic E-state index is -0.889. The van der Waals surface area contributed by atoms with Crippen molar-refractivity contribution in [1.82, 2.24) is 5.32 Å². The first kappa shape index (κ1) is 12.3. The molecule has 3 nitrogen and oxygen atoms in total. The molecule has 0 fully saturated rings. The van der Waals surface area contributed by atoms with E-state index < -0.39 is 12.0 Å². The van der Waals surface area contributed by atoms with E-state index in [2.05, 4.69) is 5.32 Å². The standard InChI is InChI=1S/C10H11Cl2NO2/c1-6(10(14)15)13-5-7-2-3-8(11)4-9(7)12/h2-4,6,13H,5H2,1H3,(H,14,15). The Morgan fingerprint density at radius 3 is 2.73 bits per heavy atom. The van der Waals surface area contributed by atoms with Crippen LogP contribution < -0.4 is 5.32 Å². The molecule has 15 heavy (non-hydrogen) atoms. The first-order valence-corrected chi connectivity index (χ1v) is 5.16. The molecule has 0 aliphatic rings. The Kier molecular flexibility index (Phi) is 4.39. The lowest BCUT2D eigenvalue weighted by Gasteiger charge is -2.10. The third kappa shape index (κ3) is 3.70. The fourth-order valence-corrected chi connectivity index (χ4v) is 1.49. The molecule has 1 atom stereocenters. The van der Waals surface area contributed by atoms with Gasteiger partial charge in [-0.25, -0.2) is 0 Å². The number of rotatable bonds is 4. The van der Waals surface area contributed by atoms with Crippen LogP contribution in [0.3, 0.4) is 0 Å². The van der Waals surface area contributed by atoms with Gasteiger partial charge < -0.3 is 10.4 Å². The van der Waals surface area contributed by atoms with Gasteiger partial charge in [0.25, 0.3) is 0 Å². The predicted octanol–water partition coefficient (Wildman–Crippen LogP) is 2.56. The van der Waals surface area contributed by atoms with E-state index in [9.17, 15) is 4.79 Å². The van der Waals surface area contributed by atoms with Gasteiger partial charge in [0, 0.05) is 16.6 Å². The molecule has 0 saturated heterocycles. The Morgan fingerprint density at radius 1 is 1.53 bits per heavy atom. The smallest absolute Gasteiger partial charge is 0.320 e. The van der Waals surface area contributed by atoms with E-state index in [0.29, 0.717) is 16.6 Å². The zero-order chi connectivity index (χ0) is 11.4. The van der Waals surface area contributed by atoms with Crippen LogP contribution in [0.2, 0.25) is 10.0 Å². The van der Waals surface area contributed by atoms with Crippen molar-refractivity contribution < 1.29 is 9.90 Å². The van der Waals surface area contributed by atoms with E-state index in [1.54, 1.807) is 25.1 Å². The normalized spacial score (nSPS) is 12.5. The summed E-state index contributed by atoms with van der Waals surface area (Å²) in [5.74, 6) is -0.889. The Hall–Kier alpha value is -0.770. The molecule has 0 amide bonds. The lowest BCUT2D eigenvalue weighted by molar-refractivity contribution is -0.139. The third-order valence-electron chi connectivity index (χ3n) is 1.98. The number of carbonyl (C=O) groups is 1. The Balaban J connectivity index is 2.62. The van der Waals surface area contributed by atoms with Crippen LogP contribution in [0.1, 0.15) is 12.5 Å². The van der Waals surface area contributed by atoms with Gasteiger partial charge in [-0.15, -0.1) is 0 Å². The molecule has 1 unspecified atom stereocenters. The molecule has 0 heterocycles. The summed E-state index contributed by atoms with van der Waals surface area (Å²) in [6.45, 7) is 1.98. The molecule has 82 valence electrons. The fraction of sp³-hybridized carbons (Fsp3) is 0.300. The van der Waals surface area contributed by atoms with Gasteiger partial charge in [-0.1, -0.05) is 29.3 Å². The van der Waals surface area contributed by atoms with Gasteiger partial charge in [-0.05, 0) is 24.6 Å². The fourth-order valence-electron chi connectivity index (χ4n) is 1.02. The summed E-state index contributed by atoms with van der Waals surface area (Å²) in [4.78, 5) is 10.5. The van der Waals surface area contributed by atoms with Gasteiger partial charge in [0.05, 0.1) is 0 Å². The first-order chi connectivity index (χ1) is 7.00. The van der Waals surface area contributed by atoms with Gasteiger partial charge in [0.1, 0.15) is 6.04 Å². The maximum absolute atomic E-state index is 10.5.